The molecule has 1 aromatic rings. The van der Waals surface area contributed by atoms with Gasteiger partial charge in [0.15, 0.2) is 0 Å². The molecule has 1 rings (SSSR count). The van der Waals surface area contributed by atoms with E-state index in [0.29, 0.717) is 11.3 Å². The van der Waals surface area contributed by atoms with Crippen LogP contribution in [0.25, 0.3) is 0 Å². The number of rotatable bonds is 4. The second-order valence-electron chi connectivity index (χ2n) is 3.66. The highest BCUT2D eigenvalue weighted by Crippen LogP contribution is 2.22. The van der Waals surface area contributed by atoms with Gasteiger partial charge in [-0.15, -0.1) is 0 Å². The SMILES string of the molecule is CO/N=C(\C)c1ccc(C(=O)OC)cc1OC(C)=O. The minimum atomic E-state index is -0.513. The van der Waals surface area contributed by atoms with Crippen LogP contribution >= 0.6 is 0 Å². The van der Waals surface area contributed by atoms with Crippen molar-refractivity contribution in [3.8, 4) is 5.75 Å². The summed E-state index contributed by atoms with van der Waals surface area (Å²) in [5, 5.41) is 3.77. The first kappa shape index (κ1) is 14.7. The van der Waals surface area contributed by atoms with E-state index >= 15 is 0 Å². The molecule has 0 saturated heterocycles. The summed E-state index contributed by atoms with van der Waals surface area (Å²) in [7, 11) is 2.69. The smallest absolute Gasteiger partial charge is 0.337 e. The van der Waals surface area contributed by atoms with Crippen LogP contribution in [0.4, 0.5) is 0 Å². The fourth-order valence-corrected chi connectivity index (χ4v) is 1.49. The first-order valence-corrected chi connectivity index (χ1v) is 5.48. The zero-order chi connectivity index (χ0) is 14.4. The van der Waals surface area contributed by atoms with Gasteiger partial charge in [0.05, 0.1) is 18.4 Å². The highest BCUT2D eigenvalue weighted by Gasteiger charge is 2.14. The van der Waals surface area contributed by atoms with Crippen molar-refractivity contribution in [3.63, 3.8) is 0 Å². The molecule has 0 atom stereocenters. The van der Waals surface area contributed by atoms with Crippen molar-refractivity contribution < 1.29 is 23.9 Å². The molecule has 102 valence electrons. The molecule has 0 spiro atoms. The third-order valence-corrected chi connectivity index (χ3v) is 2.27. The van der Waals surface area contributed by atoms with Crippen molar-refractivity contribution in [1.29, 1.82) is 0 Å². The van der Waals surface area contributed by atoms with Crippen LogP contribution in [0.3, 0.4) is 0 Å². The van der Waals surface area contributed by atoms with Crippen LogP contribution in [0, 0.1) is 0 Å². The van der Waals surface area contributed by atoms with Crippen molar-refractivity contribution in [2.75, 3.05) is 14.2 Å². The van der Waals surface area contributed by atoms with Gasteiger partial charge in [-0.05, 0) is 25.1 Å². The summed E-state index contributed by atoms with van der Waals surface area (Å²) >= 11 is 0. The summed E-state index contributed by atoms with van der Waals surface area (Å²) in [6, 6.07) is 4.60. The van der Waals surface area contributed by atoms with Crippen LogP contribution < -0.4 is 4.74 Å². The zero-order valence-electron chi connectivity index (χ0n) is 11.2. The van der Waals surface area contributed by atoms with Gasteiger partial charge in [0.2, 0.25) is 0 Å². The Balaban J connectivity index is 3.27. The topological polar surface area (TPSA) is 74.2 Å². The molecule has 0 amide bonds. The number of carbonyl (C=O) groups excluding carboxylic acids is 2. The first-order chi connectivity index (χ1) is 8.99. The minimum absolute atomic E-state index is 0.230. The predicted molar refractivity (Wildman–Crippen MR) is 68.3 cm³/mol. The molecule has 6 heteroatoms. The number of nitrogens with zero attached hydrogens (tertiary/aromatic N) is 1. The number of oxime groups is 1. The van der Waals surface area contributed by atoms with Crippen LogP contribution in [-0.2, 0) is 14.4 Å². The molecule has 6 nitrogen and oxygen atoms in total. The fourth-order valence-electron chi connectivity index (χ4n) is 1.49. The summed E-state index contributed by atoms with van der Waals surface area (Å²) in [5.74, 6) is -0.775. The number of hydrogen-bond acceptors (Lipinski definition) is 6. The van der Waals surface area contributed by atoms with Gasteiger partial charge in [-0.3, -0.25) is 4.79 Å². The van der Waals surface area contributed by atoms with E-state index in [1.165, 1.54) is 27.2 Å². The second kappa shape index (κ2) is 6.53. The molecule has 0 unspecified atom stereocenters. The molecule has 19 heavy (non-hydrogen) atoms. The van der Waals surface area contributed by atoms with E-state index < -0.39 is 11.9 Å². The predicted octanol–water partition coefficient (Wildman–Crippen LogP) is 1.77. The summed E-state index contributed by atoms with van der Waals surface area (Å²) in [6.07, 6.45) is 0. The Bertz CT molecular complexity index is 522. The van der Waals surface area contributed by atoms with Gasteiger partial charge in [0.1, 0.15) is 12.9 Å². The third kappa shape index (κ3) is 3.80. The maximum absolute atomic E-state index is 11.4. The molecule has 0 aromatic heterocycles. The molecule has 1 aromatic carbocycles. The molecular weight excluding hydrogens is 250 g/mol. The molecule has 0 heterocycles. The lowest BCUT2D eigenvalue weighted by Crippen LogP contribution is -2.09. The maximum Gasteiger partial charge on any atom is 0.337 e. The van der Waals surface area contributed by atoms with E-state index in [4.69, 9.17) is 4.74 Å². The van der Waals surface area contributed by atoms with Gasteiger partial charge in [-0.25, -0.2) is 4.79 Å². The van der Waals surface area contributed by atoms with Crippen LogP contribution in [0.1, 0.15) is 29.8 Å². The lowest BCUT2D eigenvalue weighted by Gasteiger charge is -2.10. The Morgan fingerprint density at radius 3 is 2.37 bits per heavy atom. The molecule has 0 aliphatic heterocycles. The molecule has 0 fully saturated rings. The quantitative estimate of drug-likeness (QED) is 0.359. The average molecular weight is 265 g/mol. The van der Waals surface area contributed by atoms with Crippen LogP contribution in [0.15, 0.2) is 23.4 Å². The lowest BCUT2D eigenvalue weighted by atomic mass is 10.1. The standard InChI is InChI=1S/C13H15NO5/c1-8(14-18-4)11-6-5-10(13(16)17-3)7-12(11)19-9(2)15/h5-7H,1-4H3/b14-8+. The van der Waals surface area contributed by atoms with Gasteiger partial charge in [-0.1, -0.05) is 5.16 Å². The summed E-state index contributed by atoms with van der Waals surface area (Å²) in [5.41, 5.74) is 1.37. The summed E-state index contributed by atoms with van der Waals surface area (Å²) < 4.78 is 9.67. The Labute approximate surface area is 110 Å². The molecule has 0 N–H and O–H groups in total. The Morgan fingerprint density at radius 2 is 1.84 bits per heavy atom. The van der Waals surface area contributed by atoms with Crippen molar-refractivity contribution >= 4 is 17.7 Å². The van der Waals surface area contributed by atoms with Gasteiger partial charge >= 0.3 is 11.9 Å². The van der Waals surface area contributed by atoms with Crippen molar-refractivity contribution in [1.82, 2.24) is 0 Å². The second-order valence-corrected chi connectivity index (χ2v) is 3.66. The van der Waals surface area contributed by atoms with E-state index in [1.54, 1.807) is 19.1 Å². The number of ether oxygens (including phenoxy) is 2. The van der Waals surface area contributed by atoms with Gasteiger partial charge < -0.3 is 14.3 Å². The molecule has 0 saturated carbocycles. The normalized spacial score (nSPS) is 10.8. The minimum Gasteiger partial charge on any atom is -0.465 e. The van der Waals surface area contributed by atoms with Crippen molar-refractivity contribution in [3.05, 3.63) is 29.3 Å². The summed E-state index contributed by atoms with van der Waals surface area (Å²) in [6.45, 7) is 2.97. The van der Waals surface area contributed by atoms with E-state index in [9.17, 15) is 9.59 Å². The molecule has 0 aliphatic rings. The van der Waals surface area contributed by atoms with Gasteiger partial charge in [0, 0.05) is 12.5 Å². The Kier molecular flexibility index (Phi) is 5.05. The number of esters is 2. The van der Waals surface area contributed by atoms with Gasteiger partial charge in [-0.2, -0.15) is 0 Å². The third-order valence-electron chi connectivity index (χ3n) is 2.27. The van der Waals surface area contributed by atoms with E-state index in [-0.39, 0.29) is 11.3 Å². The van der Waals surface area contributed by atoms with E-state index in [0.717, 1.165) is 0 Å². The van der Waals surface area contributed by atoms with Crippen molar-refractivity contribution in [2.24, 2.45) is 5.16 Å². The largest absolute Gasteiger partial charge is 0.465 e. The number of benzene rings is 1. The van der Waals surface area contributed by atoms with Gasteiger partial charge in [0.25, 0.3) is 0 Å². The fraction of sp³-hybridized carbons (Fsp3) is 0.308. The molecular formula is C13H15NO5. The molecule has 0 bridgehead atoms. The van der Waals surface area contributed by atoms with Crippen LogP contribution in [-0.4, -0.2) is 31.9 Å². The van der Waals surface area contributed by atoms with Crippen LogP contribution in [0.2, 0.25) is 0 Å². The van der Waals surface area contributed by atoms with Crippen LogP contribution in [0.5, 0.6) is 5.75 Å². The lowest BCUT2D eigenvalue weighted by molar-refractivity contribution is -0.131. The Hall–Kier alpha value is -2.37. The van der Waals surface area contributed by atoms with E-state index in [1.807, 2.05) is 0 Å². The maximum atomic E-state index is 11.4. The molecule has 0 aliphatic carbocycles. The van der Waals surface area contributed by atoms with E-state index in [2.05, 4.69) is 14.7 Å². The summed E-state index contributed by atoms with van der Waals surface area (Å²) in [4.78, 5) is 27.2. The first-order valence-electron chi connectivity index (χ1n) is 5.48. The number of hydrogen-bond donors (Lipinski definition) is 0. The molecule has 0 radical (unpaired) electrons. The number of carbonyl (C=O) groups is 2. The highest BCUT2D eigenvalue weighted by molar-refractivity contribution is 6.02. The monoisotopic (exact) mass is 265 g/mol. The number of methoxy groups -OCH3 is 1. The Morgan fingerprint density at radius 1 is 1.16 bits per heavy atom. The van der Waals surface area contributed by atoms with Crippen molar-refractivity contribution in [2.45, 2.75) is 13.8 Å². The zero-order valence-corrected chi connectivity index (χ0v) is 11.2. The average Bonchev–Trinajstić information content (AvgIpc) is 2.37. The highest BCUT2D eigenvalue weighted by atomic mass is 16.6.